The highest BCUT2D eigenvalue weighted by atomic mass is 35.5. The Balaban J connectivity index is 1.48. The number of anilines is 1. The first-order valence-corrected chi connectivity index (χ1v) is 14.4. The van der Waals surface area contributed by atoms with Crippen molar-refractivity contribution in [3.63, 3.8) is 0 Å². The van der Waals surface area contributed by atoms with Gasteiger partial charge in [0, 0.05) is 48.2 Å². The molecule has 3 aromatic heterocycles. The van der Waals surface area contributed by atoms with Gasteiger partial charge in [0.2, 0.25) is 10.0 Å². The number of sulfonamides is 1. The third-order valence-corrected chi connectivity index (χ3v) is 9.64. The molecule has 1 atom stereocenters. The fraction of sp³-hybridized carbons (Fsp3) is 0.320. The summed E-state index contributed by atoms with van der Waals surface area (Å²) in [4.78, 5) is 6.44. The SMILES string of the molecule is NC1c2cccnc2CC12CCN(c1cc(S(N)(=O)=O)c(-c3cccc(Cl)c3Cl)c3nnc(CO)n13)CC2. The van der Waals surface area contributed by atoms with Crippen LogP contribution in [-0.4, -0.2) is 46.2 Å². The molecule has 38 heavy (non-hydrogen) atoms. The molecule has 13 heteroatoms. The molecule has 1 aromatic carbocycles. The van der Waals surface area contributed by atoms with Crippen LogP contribution in [0.3, 0.4) is 0 Å². The zero-order valence-corrected chi connectivity index (χ0v) is 22.5. The van der Waals surface area contributed by atoms with Gasteiger partial charge in [-0.05, 0) is 42.4 Å². The van der Waals surface area contributed by atoms with Gasteiger partial charge in [-0.1, -0.05) is 41.4 Å². The van der Waals surface area contributed by atoms with Crippen LogP contribution in [0.2, 0.25) is 10.0 Å². The summed E-state index contributed by atoms with van der Waals surface area (Å²) in [5.41, 5.74) is 9.43. The van der Waals surface area contributed by atoms with Crippen LogP contribution in [0.5, 0.6) is 0 Å². The Morgan fingerprint density at radius 3 is 2.58 bits per heavy atom. The standard InChI is InChI=1S/C25H25Cl2N7O3S/c26-16-5-1-3-15(22(16)27)21-18(38(29,36)37)11-20(34-19(13-35)31-32-24(21)34)33-9-6-25(7-10-33)12-17-14(23(25)28)4-2-8-30-17/h1-5,8,11,23,35H,6-7,9-10,12-13,28H2,(H2,29,36,37). The van der Waals surface area contributed by atoms with Crippen molar-refractivity contribution in [1.82, 2.24) is 19.6 Å². The lowest BCUT2D eigenvalue weighted by Gasteiger charge is -2.43. The second kappa shape index (κ2) is 9.15. The number of aliphatic hydroxyl groups is 1. The normalized spacial score (nSPS) is 18.9. The van der Waals surface area contributed by atoms with E-state index in [1.807, 2.05) is 12.1 Å². The monoisotopic (exact) mass is 573 g/mol. The number of fused-ring (bicyclic) bond motifs is 2. The highest BCUT2D eigenvalue weighted by Gasteiger charge is 2.47. The van der Waals surface area contributed by atoms with Gasteiger partial charge in [-0.2, -0.15) is 0 Å². The minimum atomic E-state index is -4.23. The molecule has 4 heterocycles. The lowest BCUT2D eigenvalue weighted by atomic mass is 9.73. The maximum atomic E-state index is 12.9. The molecule has 1 spiro atoms. The van der Waals surface area contributed by atoms with Gasteiger partial charge in [0.05, 0.1) is 14.9 Å². The zero-order chi connectivity index (χ0) is 26.8. The van der Waals surface area contributed by atoms with Crippen LogP contribution in [0, 0.1) is 5.41 Å². The Morgan fingerprint density at radius 2 is 1.89 bits per heavy atom. The van der Waals surface area contributed by atoms with E-state index in [1.165, 1.54) is 6.07 Å². The molecule has 4 aromatic rings. The molecule has 198 valence electrons. The lowest BCUT2D eigenvalue weighted by molar-refractivity contribution is 0.186. The molecule has 1 unspecified atom stereocenters. The number of halogens is 2. The Labute approximate surface area is 229 Å². The molecule has 0 amide bonds. The van der Waals surface area contributed by atoms with E-state index in [0.717, 1.165) is 30.5 Å². The van der Waals surface area contributed by atoms with E-state index in [9.17, 15) is 13.5 Å². The first kappa shape index (κ1) is 25.5. The fourth-order valence-corrected chi connectivity index (χ4v) is 7.07. The van der Waals surface area contributed by atoms with Gasteiger partial charge in [0.15, 0.2) is 11.5 Å². The number of primary sulfonamides is 1. The largest absolute Gasteiger partial charge is 0.388 e. The van der Waals surface area contributed by atoms with Gasteiger partial charge in [-0.25, -0.2) is 13.6 Å². The van der Waals surface area contributed by atoms with Crippen LogP contribution in [0.1, 0.15) is 36.0 Å². The molecule has 1 aliphatic carbocycles. The number of hydrogen-bond acceptors (Lipinski definition) is 8. The van der Waals surface area contributed by atoms with Gasteiger partial charge in [-0.3, -0.25) is 9.38 Å². The molecule has 1 fully saturated rings. The van der Waals surface area contributed by atoms with Gasteiger partial charge >= 0.3 is 0 Å². The van der Waals surface area contributed by atoms with Crippen LogP contribution < -0.4 is 15.8 Å². The Kier molecular flexibility index (Phi) is 6.13. The van der Waals surface area contributed by atoms with Gasteiger partial charge in [0.25, 0.3) is 0 Å². The number of rotatable bonds is 4. The van der Waals surface area contributed by atoms with Crippen molar-refractivity contribution in [2.24, 2.45) is 16.3 Å². The fourth-order valence-electron chi connectivity index (χ4n) is 5.92. The van der Waals surface area contributed by atoms with Crippen LogP contribution >= 0.6 is 23.2 Å². The van der Waals surface area contributed by atoms with Crippen molar-refractivity contribution in [3.8, 4) is 11.1 Å². The first-order valence-electron chi connectivity index (χ1n) is 12.1. The quantitative estimate of drug-likeness (QED) is 0.336. The molecule has 0 bridgehead atoms. The summed E-state index contributed by atoms with van der Waals surface area (Å²) in [7, 11) is -4.23. The molecular formula is C25H25Cl2N7O3S. The summed E-state index contributed by atoms with van der Waals surface area (Å²) in [6.45, 7) is 0.789. The maximum Gasteiger partial charge on any atom is 0.238 e. The number of nitrogens with two attached hydrogens (primary N) is 2. The second-order valence-corrected chi connectivity index (χ2v) is 12.2. The average molecular weight is 574 g/mol. The molecular weight excluding hydrogens is 549 g/mol. The lowest BCUT2D eigenvalue weighted by Crippen LogP contribution is -2.45. The maximum absolute atomic E-state index is 12.9. The van der Waals surface area contributed by atoms with Crippen molar-refractivity contribution in [1.29, 1.82) is 0 Å². The molecule has 0 radical (unpaired) electrons. The topological polar surface area (TPSA) is 153 Å². The highest BCUT2D eigenvalue weighted by Crippen LogP contribution is 2.51. The first-order chi connectivity index (χ1) is 18.1. The van der Waals surface area contributed by atoms with Crippen LogP contribution in [-0.2, 0) is 23.1 Å². The number of benzene rings is 1. The van der Waals surface area contributed by atoms with Crippen molar-refractivity contribution in [3.05, 3.63) is 69.7 Å². The predicted octanol–water partition coefficient (Wildman–Crippen LogP) is 3.08. The highest BCUT2D eigenvalue weighted by molar-refractivity contribution is 7.89. The summed E-state index contributed by atoms with van der Waals surface area (Å²) in [5.74, 6) is 0.766. The number of hydrogen-bond donors (Lipinski definition) is 3. The molecule has 2 aliphatic rings. The molecule has 5 N–H and O–H groups in total. The minimum Gasteiger partial charge on any atom is -0.388 e. The average Bonchev–Trinajstić information content (AvgIpc) is 3.44. The van der Waals surface area contributed by atoms with Crippen molar-refractivity contribution in [2.45, 2.75) is 36.8 Å². The van der Waals surface area contributed by atoms with Gasteiger partial charge < -0.3 is 15.7 Å². The van der Waals surface area contributed by atoms with Crippen LogP contribution in [0.15, 0.2) is 47.5 Å². The summed E-state index contributed by atoms with van der Waals surface area (Å²) in [5, 5.41) is 24.6. The Bertz CT molecular complexity index is 1680. The summed E-state index contributed by atoms with van der Waals surface area (Å²) in [6.07, 6.45) is 4.14. The summed E-state index contributed by atoms with van der Waals surface area (Å²) < 4.78 is 27.5. The second-order valence-electron chi connectivity index (χ2n) is 9.86. The number of nitrogens with zero attached hydrogens (tertiary/aromatic N) is 5. The number of aliphatic hydroxyl groups excluding tert-OH is 1. The molecule has 6 rings (SSSR count). The van der Waals surface area contributed by atoms with Crippen molar-refractivity contribution in [2.75, 3.05) is 18.0 Å². The molecule has 0 saturated carbocycles. The van der Waals surface area contributed by atoms with E-state index in [4.69, 9.17) is 34.1 Å². The molecule has 1 saturated heterocycles. The third kappa shape index (κ3) is 3.88. The third-order valence-electron chi connectivity index (χ3n) is 7.88. The minimum absolute atomic E-state index is 0.122. The van der Waals surface area contributed by atoms with Crippen molar-refractivity contribution < 1.29 is 13.5 Å². The number of piperidine rings is 1. The van der Waals surface area contributed by atoms with E-state index < -0.39 is 16.6 Å². The number of pyridine rings is 2. The molecule has 1 aliphatic heterocycles. The summed E-state index contributed by atoms with van der Waals surface area (Å²) >= 11 is 12.8. The van der Waals surface area contributed by atoms with E-state index in [0.29, 0.717) is 24.5 Å². The van der Waals surface area contributed by atoms with E-state index >= 15 is 0 Å². The zero-order valence-electron chi connectivity index (χ0n) is 20.2. The van der Waals surface area contributed by atoms with Gasteiger partial charge in [-0.15, -0.1) is 10.2 Å². The van der Waals surface area contributed by atoms with Gasteiger partial charge in [0.1, 0.15) is 12.4 Å². The van der Waals surface area contributed by atoms with E-state index in [2.05, 4.69) is 20.1 Å². The summed E-state index contributed by atoms with van der Waals surface area (Å²) in [6, 6.07) is 10.2. The van der Waals surface area contributed by atoms with Crippen molar-refractivity contribution >= 4 is 44.7 Å². The van der Waals surface area contributed by atoms with E-state index in [-0.39, 0.29) is 43.4 Å². The Hall–Kier alpha value is -2.80. The smallest absolute Gasteiger partial charge is 0.238 e. The van der Waals surface area contributed by atoms with Crippen LogP contribution in [0.4, 0.5) is 5.82 Å². The molecule has 10 nitrogen and oxygen atoms in total. The number of aromatic nitrogens is 4. The Morgan fingerprint density at radius 1 is 1.13 bits per heavy atom. The van der Waals surface area contributed by atoms with E-state index in [1.54, 1.807) is 28.8 Å². The van der Waals surface area contributed by atoms with Crippen LogP contribution in [0.25, 0.3) is 16.8 Å². The predicted molar refractivity (Wildman–Crippen MR) is 144 cm³/mol.